The minimum atomic E-state index is 0.337. The van der Waals surface area contributed by atoms with E-state index in [0.29, 0.717) is 29.4 Å². The second-order valence-corrected chi connectivity index (χ2v) is 8.22. The maximum atomic E-state index is 9.60. The Morgan fingerprint density at radius 3 is 2.86 bits per heavy atom. The Morgan fingerprint density at radius 2 is 1.93 bits per heavy atom. The van der Waals surface area contributed by atoms with Crippen molar-refractivity contribution in [3.05, 3.63) is 48.2 Å². The standard InChI is InChI=1S/C24H26N4O/c25-15-21-24(26-16-18-9-6-14-28-13-4-3-12-22(18)28)29-23(27-21)20-11-5-8-17-7-1-2-10-19(17)20/h1-2,5,7-8,10-11,18,22,26H,3-4,6,9,12-14,16H2. The molecule has 148 valence electrons. The fourth-order valence-electron chi connectivity index (χ4n) is 5.08. The molecule has 2 saturated heterocycles. The minimum Gasteiger partial charge on any atom is -0.419 e. The van der Waals surface area contributed by atoms with Crippen molar-refractivity contribution < 1.29 is 4.42 Å². The molecule has 2 aliphatic heterocycles. The molecular formula is C24H26N4O. The first-order chi connectivity index (χ1) is 14.3. The number of piperidine rings is 2. The van der Waals surface area contributed by atoms with Crippen molar-refractivity contribution in [3.8, 4) is 17.5 Å². The van der Waals surface area contributed by atoms with Crippen LogP contribution in [0.1, 0.15) is 37.8 Å². The van der Waals surface area contributed by atoms with Crippen LogP contribution in [-0.4, -0.2) is 35.6 Å². The molecule has 0 saturated carbocycles. The van der Waals surface area contributed by atoms with Crippen LogP contribution in [0.2, 0.25) is 0 Å². The Balaban J connectivity index is 1.39. The van der Waals surface area contributed by atoms with Crippen LogP contribution in [0.4, 0.5) is 5.88 Å². The summed E-state index contributed by atoms with van der Waals surface area (Å²) in [4.78, 5) is 7.15. The molecule has 1 N–H and O–H groups in total. The zero-order valence-electron chi connectivity index (χ0n) is 16.6. The average molecular weight is 386 g/mol. The molecule has 2 atom stereocenters. The summed E-state index contributed by atoms with van der Waals surface area (Å²) in [6.07, 6.45) is 6.43. The molecule has 0 aliphatic carbocycles. The summed E-state index contributed by atoms with van der Waals surface area (Å²) in [6, 6.07) is 17.1. The van der Waals surface area contributed by atoms with Gasteiger partial charge < -0.3 is 14.6 Å². The Morgan fingerprint density at radius 1 is 1.07 bits per heavy atom. The molecule has 2 unspecified atom stereocenters. The third-order valence-corrected chi connectivity index (χ3v) is 6.51. The maximum absolute atomic E-state index is 9.60. The SMILES string of the molecule is N#Cc1nc(-c2cccc3ccccc23)oc1NCC1CCCN2CCCCC12. The molecular weight excluding hydrogens is 360 g/mol. The molecule has 0 amide bonds. The molecule has 2 fully saturated rings. The van der Waals surface area contributed by atoms with E-state index in [0.717, 1.165) is 22.9 Å². The highest BCUT2D eigenvalue weighted by atomic mass is 16.4. The molecule has 0 radical (unpaired) electrons. The number of rotatable bonds is 4. The second-order valence-electron chi connectivity index (χ2n) is 8.22. The summed E-state index contributed by atoms with van der Waals surface area (Å²) in [7, 11) is 0. The Kier molecular flexibility index (Phi) is 4.95. The lowest BCUT2D eigenvalue weighted by Gasteiger charge is -2.44. The number of nitrogens with zero attached hydrogens (tertiary/aromatic N) is 3. The van der Waals surface area contributed by atoms with Crippen molar-refractivity contribution in [1.29, 1.82) is 5.26 Å². The molecule has 3 aromatic rings. The number of nitriles is 1. The number of fused-ring (bicyclic) bond motifs is 2. The fourth-order valence-corrected chi connectivity index (χ4v) is 5.08. The Labute approximate surface area is 171 Å². The van der Waals surface area contributed by atoms with Crippen LogP contribution in [0.3, 0.4) is 0 Å². The molecule has 0 bridgehead atoms. The molecule has 0 spiro atoms. The summed E-state index contributed by atoms with van der Waals surface area (Å²) in [5.41, 5.74) is 1.26. The summed E-state index contributed by atoms with van der Waals surface area (Å²) in [5, 5.41) is 15.2. The van der Waals surface area contributed by atoms with Gasteiger partial charge in [-0.05, 0) is 61.5 Å². The van der Waals surface area contributed by atoms with Crippen molar-refractivity contribution in [2.45, 2.75) is 38.1 Å². The van der Waals surface area contributed by atoms with Gasteiger partial charge in [0.1, 0.15) is 6.07 Å². The van der Waals surface area contributed by atoms with Crippen molar-refractivity contribution in [3.63, 3.8) is 0 Å². The van der Waals surface area contributed by atoms with Gasteiger partial charge in [0.25, 0.3) is 0 Å². The van der Waals surface area contributed by atoms with Gasteiger partial charge in [-0.3, -0.25) is 0 Å². The van der Waals surface area contributed by atoms with E-state index in [2.05, 4.69) is 39.5 Å². The van der Waals surface area contributed by atoms with E-state index in [1.54, 1.807) is 0 Å². The Hall–Kier alpha value is -2.84. The number of benzene rings is 2. The van der Waals surface area contributed by atoms with Gasteiger partial charge in [-0.25, -0.2) is 0 Å². The maximum Gasteiger partial charge on any atom is 0.232 e. The van der Waals surface area contributed by atoms with Crippen LogP contribution in [-0.2, 0) is 0 Å². The summed E-state index contributed by atoms with van der Waals surface area (Å²) < 4.78 is 6.07. The fraction of sp³-hybridized carbons (Fsp3) is 0.417. The van der Waals surface area contributed by atoms with Gasteiger partial charge in [-0.1, -0.05) is 42.8 Å². The van der Waals surface area contributed by atoms with Crippen LogP contribution >= 0.6 is 0 Å². The van der Waals surface area contributed by atoms with Gasteiger partial charge in [0.15, 0.2) is 0 Å². The quantitative estimate of drug-likeness (QED) is 0.680. The van der Waals surface area contributed by atoms with Gasteiger partial charge in [0.05, 0.1) is 0 Å². The van der Waals surface area contributed by atoms with Gasteiger partial charge in [0.2, 0.25) is 17.5 Å². The highest BCUT2D eigenvalue weighted by Crippen LogP contribution is 2.33. The summed E-state index contributed by atoms with van der Waals surface area (Å²) in [6.45, 7) is 3.30. The predicted molar refractivity (Wildman–Crippen MR) is 115 cm³/mol. The summed E-state index contributed by atoms with van der Waals surface area (Å²) >= 11 is 0. The minimum absolute atomic E-state index is 0.337. The van der Waals surface area contributed by atoms with Gasteiger partial charge in [-0.15, -0.1) is 0 Å². The molecule has 5 rings (SSSR count). The molecule has 5 heteroatoms. The zero-order valence-corrected chi connectivity index (χ0v) is 16.6. The smallest absolute Gasteiger partial charge is 0.232 e. The molecule has 3 heterocycles. The normalized spacial score (nSPS) is 22.2. The topological polar surface area (TPSA) is 65.1 Å². The van der Waals surface area contributed by atoms with E-state index >= 15 is 0 Å². The molecule has 29 heavy (non-hydrogen) atoms. The largest absolute Gasteiger partial charge is 0.419 e. The first kappa shape index (κ1) is 18.2. The predicted octanol–water partition coefficient (Wildman–Crippen LogP) is 5.04. The van der Waals surface area contributed by atoms with Crippen LogP contribution in [0.5, 0.6) is 0 Å². The first-order valence-corrected chi connectivity index (χ1v) is 10.7. The van der Waals surface area contributed by atoms with Crippen LogP contribution in [0.15, 0.2) is 46.9 Å². The lowest BCUT2D eigenvalue weighted by atomic mass is 9.83. The van der Waals surface area contributed by atoms with E-state index < -0.39 is 0 Å². The number of hydrogen-bond donors (Lipinski definition) is 1. The highest BCUT2D eigenvalue weighted by Gasteiger charge is 2.33. The first-order valence-electron chi connectivity index (χ1n) is 10.7. The number of hydrogen-bond acceptors (Lipinski definition) is 5. The van der Waals surface area contributed by atoms with Crippen LogP contribution in [0.25, 0.3) is 22.2 Å². The van der Waals surface area contributed by atoms with Gasteiger partial charge in [0, 0.05) is 18.2 Å². The van der Waals surface area contributed by atoms with E-state index in [9.17, 15) is 5.26 Å². The second kappa shape index (κ2) is 7.88. The molecule has 2 aliphatic rings. The number of nitrogens with one attached hydrogen (secondary N) is 1. The third kappa shape index (κ3) is 3.49. The van der Waals surface area contributed by atoms with E-state index in [4.69, 9.17) is 4.42 Å². The number of anilines is 1. The Bertz CT molecular complexity index is 1040. The molecule has 1 aromatic heterocycles. The third-order valence-electron chi connectivity index (χ3n) is 6.51. The van der Waals surface area contributed by atoms with Crippen LogP contribution < -0.4 is 5.32 Å². The van der Waals surface area contributed by atoms with E-state index in [1.165, 1.54) is 45.2 Å². The number of oxazole rings is 1. The van der Waals surface area contributed by atoms with Crippen molar-refractivity contribution in [1.82, 2.24) is 9.88 Å². The highest BCUT2D eigenvalue weighted by molar-refractivity contribution is 5.94. The van der Waals surface area contributed by atoms with Crippen molar-refractivity contribution >= 4 is 16.7 Å². The zero-order chi connectivity index (χ0) is 19.6. The molecule has 5 nitrogen and oxygen atoms in total. The molecule has 2 aromatic carbocycles. The van der Waals surface area contributed by atoms with Crippen molar-refractivity contribution in [2.75, 3.05) is 25.0 Å². The van der Waals surface area contributed by atoms with Gasteiger partial charge >= 0.3 is 0 Å². The van der Waals surface area contributed by atoms with E-state index in [1.807, 2.05) is 24.3 Å². The monoisotopic (exact) mass is 386 g/mol. The number of aromatic nitrogens is 1. The van der Waals surface area contributed by atoms with Gasteiger partial charge in [-0.2, -0.15) is 10.2 Å². The van der Waals surface area contributed by atoms with Crippen LogP contribution in [0, 0.1) is 17.2 Å². The lowest BCUT2D eigenvalue weighted by Crippen LogP contribution is -2.49. The summed E-state index contributed by atoms with van der Waals surface area (Å²) in [5.74, 6) is 1.61. The van der Waals surface area contributed by atoms with E-state index in [-0.39, 0.29) is 0 Å². The lowest BCUT2D eigenvalue weighted by molar-refractivity contribution is 0.0647. The average Bonchev–Trinajstić information content (AvgIpc) is 3.20. The van der Waals surface area contributed by atoms with Crippen molar-refractivity contribution in [2.24, 2.45) is 5.92 Å².